The highest BCUT2D eigenvalue weighted by atomic mass is 16.5. The maximum absolute atomic E-state index is 12.5. The van der Waals surface area contributed by atoms with E-state index in [4.69, 9.17) is 4.74 Å². The number of nitrogens with one attached hydrogen (secondary N) is 1. The fourth-order valence-electron chi connectivity index (χ4n) is 8.93. The molecule has 0 bridgehead atoms. The molecule has 0 aromatic rings. The topological polar surface area (TPSA) is 95.9 Å². The molecule has 0 aromatic carbocycles. The number of hydrogen-bond donors (Lipinski definition) is 3. The summed E-state index contributed by atoms with van der Waals surface area (Å²) in [5, 5.41) is 23.2. The lowest BCUT2D eigenvalue weighted by Gasteiger charge is -2.22. The van der Waals surface area contributed by atoms with Crippen molar-refractivity contribution < 1.29 is 24.5 Å². The zero-order valence-corrected chi connectivity index (χ0v) is 42.6. The van der Waals surface area contributed by atoms with E-state index >= 15 is 0 Å². The average molecular weight is 891 g/mol. The number of hydrogen-bond acceptors (Lipinski definition) is 5. The summed E-state index contributed by atoms with van der Waals surface area (Å²) in [6.45, 7) is 4.93. The second-order valence-electron chi connectivity index (χ2n) is 19.6. The normalized spacial score (nSPS) is 12.6. The molecule has 2 atom stereocenters. The van der Waals surface area contributed by atoms with E-state index in [0.29, 0.717) is 25.9 Å². The highest BCUT2D eigenvalue weighted by molar-refractivity contribution is 5.76. The summed E-state index contributed by atoms with van der Waals surface area (Å²) in [5.74, 6) is -0.0346. The molecule has 0 spiro atoms. The number of rotatable bonds is 53. The van der Waals surface area contributed by atoms with Crippen LogP contribution in [-0.4, -0.2) is 47.4 Å². The molecule has 0 aliphatic heterocycles. The third-order valence-electron chi connectivity index (χ3n) is 13.3. The van der Waals surface area contributed by atoms with E-state index in [1.165, 1.54) is 238 Å². The quantitative estimate of drug-likeness (QED) is 0.0321. The number of ether oxygens (including phenoxy) is 1. The number of carbonyl (C=O) groups excluding carboxylic acids is 2. The zero-order chi connectivity index (χ0) is 45.8. The van der Waals surface area contributed by atoms with Gasteiger partial charge in [0.1, 0.15) is 0 Å². The zero-order valence-electron chi connectivity index (χ0n) is 42.6. The van der Waals surface area contributed by atoms with Crippen LogP contribution >= 0.6 is 0 Å². The SMILES string of the molecule is CCCCC/C=C\CCCCCCCC(=O)OCCCCCCCCCCCCCCCCCCCCCCC(=O)NC(CO)C(O)CCCCCCCCCCCCCCCC. The first-order chi connectivity index (χ1) is 31.0. The van der Waals surface area contributed by atoms with E-state index in [1.54, 1.807) is 0 Å². The summed E-state index contributed by atoms with van der Waals surface area (Å²) < 4.78 is 5.46. The van der Waals surface area contributed by atoms with Crippen molar-refractivity contribution in [2.45, 2.75) is 328 Å². The summed E-state index contributed by atoms with van der Waals surface area (Å²) in [7, 11) is 0. The molecule has 0 radical (unpaired) electrons. The van der Waals surface area contributed by atoms with Gasteiger partial charge in [-0.05, 0) is 51.4 Å². The molecular formula is C57H111NO5. The predicted molar refractivity (Wildman–Crippen MR) is 273 cm³/mol. The lowest BCUT2D eigenvalue weighted by Crippen LogP contribution is -2.45. The van der Waals surface area contributed by atoms with Crippen molar-refractivity contribution in [2.24, 2.45) is 0 Å². The fraction of sp³-hybridized carbons (Fsp3) is 0.930. The average Bonchev–Trinajstić information content (AvgIpc) is 3.28. The van der Waals surface area contributed by atoms with Crippen LogP contribution in [0.4, 0.5) is 0 Å². The third-order valence-corrected chi connectivity index (χ3v) is 13.3. The van der Waals surface area contributed by atoms with Crippen molar-refractivity contribution in [1.29, 1.82) is 0 Å². The summed E-state index contributed by atoms with van der Waals surface area (Å²) in [6, 6.07) is -0.541. The van der Waals surface area contributed by atoms with Crippen molar-refractivity contribution in [1.82, 2.24) is 5.32 Å². The van der Waals surface area contributed by atoms with Crippen molar-refractivity contribution in [3.8, 4) is 0 Å². The summed E-state index contributed by atoms with van der Waals surface area (Å²) in [4.78, 5) is 24.5. The molecule has 0 aliphatic carbocycles. The predicted octanol–water partition coefficient (Wildman–Crippen LogP) is 17.3. The molecule has 0 aliphatic rings. The van der Waals surface area contributed by atoms with Crippen LogP contribution in [0.15, 0.2) is 12.2 Å². The van der Waals surface area contributed by atoms with Crippen molar-refractivity contribution >= 4 is 11.9 Å². The molecule has 1 amide bonds. The summed E-state index contributed by atoms with van der Waals surface area (Å²) >= 11 is 0. The summed E-state index contributed by atoms with van der Waals surface area (Å²) in [5.41, 5.74) is 0. The number of amides is 1. The van der Waals surface area contributed by atoms with Gasteiger partial charge in [0, 0.05) is 12.8 Å². The van der Waals surface area contributed by atoms with Gasteiger partial charge in [-0.15, -0.1) is 0 Å². The number of aliphatic hydroxyl groups excluding tert-OH is 2. The Morgan fingerprint density at radius 2 is 0.746 bits per heavy atom. The molecule has 63 heavy (non-hydrogen) atoms. The number of unbranched alkanes of at least 4 members (excludes halogenated alkanes) is 40. The molecule has 0 saturated carbocycles. The van der Waals surface area contributed by atoms with E-state index in [-0.39, 0.29) is 18.5 Å². The van der Waals surface area contributed by atoms with Gasteiger partial charge >= 0.3 is 5.97 Å². The second-order valence-corrected chi connectivity index (χ2v) is 19.6. The molecule has 0 heterocycles. The molecular weight excluding hydrogens is 779 g/mol. The van der Waals surface area contributed by atoms with Crippen LogP contribution in [0.1, 0.15) is 316 Å². The molecule has 0 fully saturated rings. The van der Waals surface area contributed by atoms with Crippen molar-refractivity contribution in [3.05, 3.63) is 12.2 Å². The van der Waals surface area contributed by atoms with Crippen LogP contribution in [0, 0.1) is 0 Å². The monoisotopic (exact) mass is 890 g/mol. The first kappa shape index (κ1) is 61.6. The Kier molecular flexibility index (Phi) is 52.0. The first-order valence-electron chi connectivity index (χ1n) is 28.4. The van der Waals surface area contributed by atoms with Crippen LogP contribution in [0.25, 0.3) is 0 Å². The van der Waals surface area contributed by atoms with Crippen LogP contribution in [0.2, 0.25) is 0 Å². The Hall–Kier alpha value is -1.40. The van der Waals surface area contributed by atoms with Gasteiger partial charge in [-0.25, -0.2) is 0 Å². The Morgan fingerprint density at radius 3 is 1.16 bits per heavy atom. The standard InChI is InChI=1S/C57H111NO5/c1-3-5-7-9-11-13-15-17-26-29-33-37-41-45-49-55(60)54(53-59)58-56(61)50-46-42-38-34-30-27-24-22-20-18-19-21-23-25-28-32-36-40-44-48-52-63-57(62)51-47-43-39-35-31-16-14-12-10-8-6-4-2/h12,14,54-55,59-60H,3-11,13,15-53H2,1-2H3,(H,58,61)/b14-12-. The molecule has 6 heteroatoms. The number of aliphatic hydroxyl groups is 2. The van der Waals surface area contributed by atoms with Gasteiger partial charge in [-0.3, -0.25) is 9.59 Å². The molecule has 6 nitrogen and oxygen atoms in total. The van der Waals surface area contributed by atoms with Crippen molar-refractivity contribution in [2.75, 3.05) is 13.2 Å². The maximum Gasteiger partial charge on any atom is 0.305 e. The largest absolute Gasteiger partial charge is 0.466 e. The highest BCUT2D eigenvalue weighted by Crippen LogP contribution is 2.17. The Labute approximate surface area is 393 Å². The van der Waals surface area contributed by atoms with Crippen LogP contribution < -0.4 is 5.32 Å². The second kappa shape index (κ2) is 53.2. The van der Waals surface area contributed by atoms with Gasteiger partial charge < -0.3 is 20.3 Å². The van der Waals surface area contributed by atoms with E-state index < -0.39 is 12.1 Å². The van der Waals surface area contributed by atoms with E-state index in [2.05, 4.69) is 31.3 Å². The smallest absolute Gasteiger partial charge is 0.305 e. The van der Waals surface area contributed by atoms with Crippen LogP contribution in [-0.2, 0) is 14.3 Å². The molecule has 3 N–H and O–H groups in total. The van der Waals surface area contributed by atoms with E-state index in [9.17, 15) is 19.8 Å². The van der Waals surface area contributed by atoms with Gasteiger partial charge in [0.05, 0.1) is 25.4 Å². The number of allylic oxidation sites excluding steroid dienone is 2. The fourth-order valence-corrected chi connectivity index (χ4v) is 8.93. The third kappa shape index (κ3) is 49.9. The minimum Gasteiger partial charge on any atom is -0.466 e. The minimum absolute atomic E-state index is 0.000877. The Morgan fingerprint density at radius 1 is 0.429 bits per heavy atom. The molecule has 2 unspecified atom stereocenters. The van der Waals surface area contributed by atoms with Gasteiger partial charge in [0.15, 0.2) is 0 Å². The molecule has 0 rings (SSSR count). The molecule has 374 valence electrons. The summed E-state index contributed by atoms with van der Waals surface area (Å²) in [6.07, 6.45) is 62.0. The minimum atomic E-state index is -0.664. The maximum atomic E-state index is 12.5. The van der Waals surface area contributed by atoms with Crippen LogP contribution in [0.5, 0.6) is 0 Å². The molecule has 0 saturated heterocycles. The number of esters is 1. The van der Waals surface area contributed by atoms with Crippen molar-refractivity contribution in [3.63, 3.8) is 0 Å². The lowest BCUT2D eigenvalue weighted by atomic mass is 10.0. The molecule has 0 aromatic heterocycles. The Bertz CT molecular complexity index is 939. The van der Waals surface area contributed by atoms with E-state index in [0.717, 1.165) is 44.9 Å². The van der Waals surface area contributed by atoms with E-state index in [1.807, 2.05) is 0 Å². The van der Waals surface area contributed by atoms with Gasteiger partial charge in [0.25, 0.3) is 0 Å². The highest BCUT2D eigenvalue weighted by Gasteiger charge is 2.20. The number of carbonyl (C=O) groups is 2. The lowest BCUT2D eigenvalue weighted by molar-refractivity contribution is -0.143. The Balaban J connectivity index is 3.39. The van der Waals surface area contributed by atoms with Gasteiger partial charge in [-0.1, -0.05) is 264 Å². The van der Waals surface area contributed by atoms with Gasteiger partial charge in [0.2, 0.25) is 5.91 Å². The van der Waals surface area contributed by atoms with Gasteiger partial charge in [-0.2, -0.15) is 0 Å². The first-order valence-corrected chi connectivity index (χ1v) is 28.4. The van der Waals surface area contributed by atoms with Crippen LogP contribution in [0.3, 0.4) is 0 Å².